The number of fused-ring (bicyclic) bond motifs is 2. The van der Waals surface area contributed by atoms with Crippen LogP contribution in [0.5, 0.6) is 0 Å². The minimum absolute atomic E-state index is 0.145. The fourth-order valence-electron chi connectivity index (χ4n) is 6.05. The van der Waals surface area contributed by atoms with Crippen LogP contribution in [0.2, 0.25) is 0 Å². The zero-order valence-corrected chi connectivity index (χ0v) is 26.2. The van der Waals surface area contributed by atoms with Crippen molar-refractivity contribution in [3.8, 4) is 0 Å². The smallest absolute Gasteiger partial charge is 0.185 e. The van der Waals surface area contributed by atoms with E-state index in [0.717, 1.165) is 57.1 Å². The lowest BCUT2D eigenvalue weighted by molar-refractivity contribution is 0.242. The highest BCUT2D eigenvalue weighted by molar-refractivity contribution is 5.86. The number of aromatic nitrogens is 2. The molecule has 6 rings (SSSR count). The summed E-state index contributed by atoms with van der Waals surface area (Å²) in [5.41, 5.74) is 17.1. The standard InChI is InChI=1S/C39H41N7/c40-39(41)44-21-8-22-45(27-35-11-7-10-32-9-1-2-14-38(32)35)25-30-15-17-34-24-31(16-18-33(34)23-30)26-46(28-36-12-3-5-19-42-36)29-37-13-4-6-20-43-37/h1-7,9-20,23-24H,8,21-22,25-29H2,(H4,40,41,44). The van der Waals surface area contributed by atoms with Crippen molar-refractivity contribution in [3.63, 3.8) is 0 Å². The first kappa shape index (κ1) is 30.9. The van der Waals surface area contributed by atoms with E-state index in [1.807, 2.05) is 36.7 Å². The zero-order chi connectivity index (χ0) is 31.6. The quantitative estimate of drug-likeness (QED) is 0.0818. The van der Waals surface area contributed by atoms with E-state index in [1.165, 1.54) is 38.2 Å². The minimum Gasteiger partial charge on any atom is -0.370 e. The molecular formula is C39H41N7. The molecule has 0 saturated carbocycles. The maximum absolute atomic E-state index is 5.58. The number of benzene rings is 4. The highest BCUT2D eigenvalue weighted by Gasteiger charge is 2.13. The van der Waals surface area contributed by atoms with Gasteiger partial charge in [-0.15, -0.1) is 0 Å². The summed E-state index contributed by atoms with van der Waals surface area (Å²) >= 11 is 0. The summed E-state index contributed by atoms with van der Waals surface area (Å²) in [7, 11) is 0. The van der Waals surface area contributed by atoms with Gasteiger partial charge in [0, 0.05) is 58.2 Å². The Hall–Kier alpha value is -5.11. The molecule has 0 radical (unpaired) electrons. The topological polar surface area (TPSA) is 96.7 Å². The van der Waals surface area contributed by atoms with Gasteiger partial charge in [-0.05, 0) is 81.1 Å². The Morgan fingerprint density at radius 1 is 0.565 bits per heavy atom. The molecule has 0 bridgehead atoms. The molecule has 2 aromatic heterocycles. The maximum atomic E-state index is 5.58. The van der Waals surface area contributed by atoms with Gasteiger partial charge in [0.1, 0.15) is 0 Å². The van der Waals surface area contributed by atoms with Gasteiger partial charge in [0.2, 0.25) is 0 Å². The molecule has 4 N–H and O–H groups in total. The van der Waals surface area contributed by atoms with Crippen LogP contribution in [0.3, 0.4) is 0 Å². The van der Waals surface area contributed by atoms with Crippen LogP contribution in [0.1, 0.15) is 34.5 Å². The van der Waals surface area contributed by atoms with E-state index in [0.29, 0.717) is 6.54 Å². The Bertz CT molecular complexity index is 1840. The Balaban J connectivity index is 1.19. The Morgan fingerprint density at radius 2 is 1.17 bits per heavy atom. The molecule has 4 aromatic carbocycles. The number of hydrogen-bond donors (Lipinski definition) is 2. The summed E-state index contributed by atoms with van der Waals surface area (Å²) < 4.78 is 0. The van der Waals surface area contributed by atoms with Crippen LogP contribution in [-0.4, -0.2) is 38.8 Å². The third-order valence-electron chi connectivity index (χ3n) is 8.21. The van der Waals surface area contributed by atoms with Gasteiger partial charge < -0.3 is 11.5 Å². The summed E-state index contributed by atoms with van der Waals surface area (Å²) in [6.07, 6.45) is 4.59. The van der Waals surface area contributed by atoms with Gasteiger partial charge in [-0.2, -0.15) is 0 Å². The zero-order valence-electron chi connectivity index (χ0n) is 26.2. The number of pyridine rings is 2. The monoisotopic (exact) mass is 607 g/mol. The molecule has 46 heavy (non-hydrogen) atoms. The first-order chi connectivity index (χ1) is 22.6. The SMILES string of the molecule is NC(N)=NCCCN(Cc1ccc2cc(CN(Cc3ccccn3)Cc3ccccn3)ccc2c1)Cc1cccc2ccccc12. The van der Waals surface area contributed by atoms with Crippen LogP contribution >= 0.6 is 0 Å². The van der Waals surface area contributed by atoms with Gasteiger partial charge >= 0.3 is 0 Å². The molecule has 2 heterocycles. The average molecular weight is 608 g/mol. The Kier molecular flexibility index (Phi) is 10.2. The van der Waals surface area contributed by atoms with Gasteiger partial charge in [-0.25, -0.2) is 0 Å². The molecule has 0 aliphatic rings. The summed E-state index contributed by atoms with van der Waals surface area (Å²) in [5, 5.41) is 5.05. The van der Waals surface area contributed by atoms with E-state index >= 15 is 0 Å². The average Bonchev–Trinajstić information content (AvgIpc) is 3.07. The van der Waals surface area contributed by atoms with Crippen LogP contribution in [0.25, 0.3) is 21.5 Å². The Morgan fingerprint density at radius 3 is 1.80 bits per heavy atom. The van der Waals surface area contributed by atoms with Gasteiger partial charge in [-0.1, -0.05) is 78.9 Å². The van der Waals surface area contributed by atoms with Crippen LogP contribution in [0.4, 0.5) is 0 Å². The third kappa shape index (κ3) is 8.53. The highest BCUT2D eigenvalue weighted by atomic mass is 15.1. The molecule has 0 fully saturated rings. The predicted octanol–water partition coefficient (Wildman–Crippen LogP) is 6.65. The lowest BCUT2D eigenvalue weighted by Crippen LogP contribution is -2.26. The van der Waals surface area contributed by atoms with E-state index in [2.05, 4.69) is 116 Å². The molecule has 0 aliphatic carbocycles. The van der Waals surface area contributed by atoms with Crippen LogP contribution < -0.4 is 11.5 Å². The maximum Gasteiger partial charge on any atom is 0.185 e. The molecule has 7 heteroatoms. The van der Waals surface area contributed by atoms with E-state index in [-0.39, 0.29) is 5.96 Å². The summed E-state index contributed by atoms with van der Waals surface area (Å²) in [6, 6.07) is 41.0. The van der Waals surface area contributed by atoms with Crippen molar-refractivity contribution >= 4 is 27.5 Å². The number of aliphatic imine (C=N–C) groups is 1. The fraction of sp³-hybridized carbons (Fsp3) is 0.205. The van der Waals surface area contributed by atoms with Crippen LogP contribution in [0, 0.1) is 0 Å². The molecule has 0 atom stereocenters. The van der Waals surface area contributed by atoms with Gasteiger partial charge in [0.05, 0.1) is 11.4 Å². The summed E-state index contributed by atoms with van der Waals surface area (Å²) in [6.45, 7) is 5.51. The predicted molar refractivity (Wildman–Crippen MR) is 189 cm³/mol. The van der Waals surface area contributed by atoms with E-state index in [4.69, 9.17) is 11.5 Å². The van der Waals surface area contributed by atoms with E-state index in [9.17, 15) is 0 Å². The van der Waals surface area contributed by atoms with Gasteiger partial charge in [0.25, 0.3) is 0 Å². The lowest BCUT2D eigenvalue weighted by atomic mass is 10.0. The van der Waals surface area contributed by atoms with Crippen molar-refractivity contribution < 1.29 is 0 Å². The van der Waals surface area contributed by atoms with Gasteiger partial charge in [-0.3, -0.25) is 24.8 Å². The van der Waals surface area contributed by atoms with Crippen molar-refractivity contribution in [3.05, 3.63) is 156 Å². The Labute approximate surface area is 271 Å². The first-order valence-corrected chi connectivity index (χ1v) is 15.9. The number of rotatable bonds is 14. The molecule has 0 amide bonds. The van der Waals surface area contributed by atoms with Crippen LogP contribution in [0.15, 0.2) is 133 Å². The lowest BCUT2D eigenvalue weighted by Gasteiger charge is -2.24. The fourth-order valence-corrected chi connectivity index (χ4v) is 6.05. The van der Waals surface area contributed by atoms with E-state index < -0.39 is 0 Å². The van der Waals surface area contributed by atoms with Crippen LogP contribution in [-0.2, 0) is 32.7 Å². The number of guanidine groups is 1. The molecule has 7 nitrogen and oxygen atoms in total. The van der Waals surface area contributed by atoms with E-state index in [1.54, 1.807) is 0 Å². The van der Waals surface area contributed by atoms with Crippen molar-refractivity contribution in [1.82, 2.24) is 19.8 Å². The number of nitrogens with zero attached hydrogens (tertiary/aromatic N) is 5. The number of nitrogens with two attached hydrogens (primary N) is 2. The third-order valence-corrected chi connectivity index (χ3v) is 8.21. The van der Waals surface area contributed by atoms with Crippen molar-refractivity contribution in [2.45, 2.75) is 39.1 Å². The first-order valence-electron chi connectivity index (χ1n) is 15.9. The van der Waals surface area contributed by atoms with Gasteiger partial charge in [0.15, 0.2) is 5.96 Å². The second-order valence-corrected chi connectivity index (χ2v) is 11.8. The summed E-state index contributed by atoms with van der Waals surface area (Å²) in [5.74, 6) is 0.145. The normalized spacial score (nSPS) is 11.4. The second-order valence-electron chi connectivity index (χ2n) is 11.8. The molecule has 0 unspecified atom stereocenters. The van der Waals surface area contributed by atoms with Crippen molar-refractivity contribution in [2.75, 3.05) is 13.1 Å². The minimum atomic E-state index is 0.145. The molecule has 6 aromatic rings. The molecular weight excluding hydrogens is 566 g/mol. The largest absolute Gasteiger partial charge is 0.370 e. The summed E-state index contributed by atoms with van der Waals surface area (Å²) in [4.78, 5) is 18.2. The van der Waals surface area contributed by atoms with Crippen molar-refractivity contribution in [1.29, 1.82) is 0 Å². The molecule has 0 saturated heterocycles. The molecule has 0 aliphatic heterocycles. The second kappa shape index (κ2) is 15.3. The van der Waals surface area contributed by atoms with Crippen molar-refractivity contribution in [2.24, 2.45) is 16.5 Å². The highest BCUT2D eigenvalue weighted by Crippen LogP contribution is 2.24. The number of hydrogen-bond acceptors (Lipinski definition) is 5. The molecule has 232 valence electrons. The molecule has 0 spiro atoms.